The van der Waals surface area contributed by atoms with Gasteiger partial charge in [0, 0.05) is 25.3 Å². The minimum atomic E-state index is 0. The van der Waals surface area contributed by atoms with Gasteiger partial charge in [-0.2, -0.15) is 11.8 Å². The van der Waals surface area contributed by atoms with E-state index >= 15 is 0 Å². The van der Waals surface area contributed by atoms with Crippen molar-refractivity contribution >= 4 is 47.4 Å². The highest BCUT2D eigenvalue weighted by Gasteiger charge is 2.05. The van der Waals surface area contributed by atoms with Crippen molar-refractivity contribution in [1.29, 1.82) is 0 Å². The highest BCUT2D eigenvalue weighted by atomic mass is 127. The Morgan fingerprint density at radius 2 is 1.95 bits per heavy atom. The minimum Gasteiger partial charge on any atom is -0.493 e. The molecule has 2 N–H and O–H groups in total. The maximum absolute atomic E-state index is 5.28. The lowest BCUT2D eigenvalue weighted by atomic mass is 10.3. The number of halogens is 1. The van der Waals surface area contributed by atoms with Crippen LogP contribution in [-0.4, -0.2) is 45.8 Å². The molecule has 0 unspecified atom stereocenters. The van der Waals surface area contributed by atoms with Crippen molar-refractivity contribution in [3.05, 3.63) is 18.2 Å². The predicted molar refractivity (Wildman–Crippen MR) is 103 cm³/mol. The number of nitrogens with zero attached hydrogens (tertiary/aromatic N) is 1. The monoisotopic (exact) mass is 425 g/mol. The summed E-state index contributed by atoms with van der Waals surface area (Å²) in [5.41, 5.74) is 0.903. The van der Waals surface area contributed by atoms with Gasteiger partial charge in [0.25, 0.3) is 0 Å². The molecular weight excluding hydrogens is 401 g/mol. The molecule has 7 heteroatoms. The molecule has 0 heterocycles. The lowest BCUT2D eigenvalue weighted by Gasteiger charge is -2.13. The van der Waals surface area contributed by atoms with Gasteiger partial charge >= 0.3 is 0 Å². The number of rotatable bonds is 7. The summed E-state index contributed by atoms with van der Waals surface area (Å²) in [5.74, 6) is 3.29. The molecule has 0 fully saturated rings. The summed E-state index contributed by atoms with van der Waals surface area (Å²) in [6.07, 6.45) is 3.21. The third kappa shape index (κ3) is 7.12. The molecule has 0 saturated carbocycles. The highest BCUT2D eigenvalue weighted by molar-refractivity contribution is 14.0. The highest BCUT2D eigenvalue weighted by Crippen LogP contribution is 2.29. The second kappa shape index (κ2) is 11.8. The van der Waals surface area contributed by atoms with E-state index in [1.165, 1.54) is 0 Å². The van der Waals surface area contributed by atoms with E-state index in [0.29, 0.717) is 11.5 Å². The van der Waals surface area contributed by atoms with Gasteiger partial charge in [-0.25, -0.2) is 0 Å². The van der Waals surface area contributed by atoms with Gasteiger partial charge < -0.3 is 20.1 Å². The molecule has 0 aliphatic carbocycles. The first kappa shape index (κ1) is 20.2. The van der Waals surface area contributed by atoms with Gasteiger partial charge in [-0.1, -0.05) is 0 Å². The quantitative estimate of drug-likeness (QED) is 0.305. The van der Waals surface area contributed by atoms with Crippen molar-refractivity contribution in [2.75, 3.05) is 45.1 Å². The van der Waals surface area contributed by atoms with Crippen molar-refractivity contribution in [3.8, 4) is 11.5 Å². The fraction of sp³-hybridized carbons (Fsp3) is 0.500. The number of hydrogen-bond acceptors (Lipinski definition) is 4. The third-order valence-electron chi connectivity index (χ3n) is 2.69. The smallest absolute Gasteiger partial charge is 0.195 e. The summed E-state index contributed by atoms with van der Waals surface area (Å²) in [7, 11) is 5.00. The largest absolute Gasteiger partial charge is 0.493 e. The van der Waals surface area contributed by atoms with E-state index in [4.69, 9.17) is 9.47 Å². The molecule has 0 aliphatic rings. The van der Waals surface area contributed by atoms with Crippen LogP contribution >= 0.6 is 35.7 Å². The molecule has 0 radical (unpaired) electrons. The fourth-order valence-corrected chi connectivity index (χ4v) is 2.09. The van der Waals surface area contributed by atoms with Crippen molar-refractivity contribution < 1.29 is 9.47 Å². The Bertz CT molecular complexity index is 444. The van der Waals surface area contributed by atoms with Gasteiger partial charge in [-0.05, 0) is 30.6 Å². The topological polar surface area (TPSA) is 54.9 Å². The number of hydrogen-bond donors (Lipinski definition) is 2. The van der Waals surface area contributed by atoms with E-state index in [-0.39, 0.29) is 24.0 Å². The lowest BCUT2D eigenvalue weighted by Crippen LogP contribution is -2.31. The molecule has 0 aliphatic heterocycles. The summed E-state index contributed by atoms with van der Waals surface area (Å²) in [6, 6.07) is 5.67. The first-order chi connectivity index (χ1) is 9.74. The summed E-state index contributed by atoms with van der Waals surface area (Å²) < 4.78 is 10.5. The van der Waals surface area contributed by atoms with E-state index in [1.54, 1.807) is 21.3 Å². The van der Waals surface area contributed by atoms with Gasteiger partial charge in [-0.3, -0.25) is 4.99 Å². The third-order valence-corrected chi connectivity index (χ3v) is 3.38. The number of anilines is 1. The molecule has 5 nitrogen and oxygen atoms in total. The maximum Gasteiger partial charge on any atom is 0.195 e. The molecule has 0 amide bonds. The van der Waals surface area contributed by atoms with Gasteiger partial charge in [0.2, 0.25) is 0 Å². The van der Waals surface area contributed by atoms with Crippen molar-refractivity contribution in [2.24, 2.45) is 4.99 Å². The van der Waals surface area contributed by atoms with E-state index in [2.05, 4.69) is 21.9 Å². The van der Waals surface area contributed by atoms with Crippen LogP contribution in [0.1, 0.15) is 6.42 Å². The molecule has 120 valence electrons. The first-order valence-electron chi connectivity index (χ1n) is 6.43. The number of nitrogens with one attached hydrogen (secondary N) is 2. The molecule has 1 rings (SSSR count). The number of guanidine groups is 1. The predicted octanol–water partition coefficient (Wildman–Crippen LogP) is 3.06. The van der Waals surface area contributed by atoms with Crippen molar-refractivity contribution in [3.63, 3.8) is 0 Å². The summed E-state index contributed by atoms with van der Waals surface area (Å²) >= 11 is 1.84. The zero-order valence-corrected chi connectivity index (χ0v) is 16.1. The van der Waals surface area contributed by atoms with Gasteiger partial charge in [0.15, 0.2) is 17.5 Å². The number of thioether (sulfide) groups is 1. The Morgan fingerprint density at radius 1 is 1.24 bits per heavy atom. The number of ether oxygens (including phenoxy) is 2. The second-order valence-corrected chi connectivity index (χ2v) is 5.03. The second-order valence-electron chi connectivity index (χ2n) is 4.04. The van der Waals surface area contributed by atoms with Crippen LogP contribution in [0.2, 0.25) is 0 Å². The Morgan fingerprint density at radius 3 is 2.52 bits per heavy atom. The molecule has 1 aromatic rings. The van der Waals surface area contributed by atoms with Crippen LogP contribution in [0.3, 0.4) is 0 Å². The standard InChI is InChI=1S/C14H23N3O2S.HI/c1-15-14(16-8-5-9-20-4)17-11-6-7-12(18-2)13(10-11)19-3;/h6-7,10H,5,8-9H2,1-4H3,(H2,15,16,17);1H. The number of benzene rings is 1. The SMILES string of the molecule is CN=C(NCCCSC)Nc1ccc(OC)c(OC)c1.I. The Balaban J connectivity index is 0.00000400. The Labute approximate surface area is 148 Å². The number of aliphatic imine (C=N–C) groups is 1. The Hall–Kier alpha value is -0.830. The average molecular weight is 425 g/mol. The van der Waals surface area contributed by atoms with Gasteiger partial charge in [0.05, 0.1) is 14.2 Å². The molecule has 0 spiro atoms. The molecule has 0 saturated heterocycles. The Kier molecular flexibility index (Phi) is 11.3. The van der Waals surface area contributed by atoms with Crippen LogP contribution in [0.25, 0.3) is 0 Å². The van der Waals surface area contributed by atoms with Gasteiger partial charge in [-0.15, -0.1) is 24.0 Å². The minimum absolute atomic E-state index is 0. The van der Waals surface area contributed by atoms with Crippen LogP contribution in [0.4, 0.5) is 5.69 Å². The summed E-state index contributed by atoms with van der Waals surface area (Å²) in [5, 5.41) is 6.50. The molecule has 0 bridgehead atoms. The van der Waals surface area contributed by atoms with Gasteiger partial charge in [0.1, 0.15) is 0 Å². The molecule has 1 aromatic carbocycles. The van der Waals surface area contributed by atoms with Crippen molar-refractivity contribution in [2.45, 2.75) is 6.42 Å². The summed E-state index contributed by atoms with van der Waals surface area (Å²) in [4.78, 5) is 4.19. The molecule has 0 atom stereocenters. The van der Waals surface area contributed by atoms with Crippen LogP contribution < -0.4 is 20.1 Å². The average Bonchev–Trinajstić information content (AvgIpc) is 2.50. The summed E-state index contributed by atoms with van der Waals surface area (Å²) in [6.45, 7) is 0.897. The lowest BCUT2D eigenvalue weighted by molar-refractivity contribution is 0.355. The van der Waals surface area contributed by atoms with E-state index in [9.17, 15) is 0 Å². The fourth-order valence-electron chi connectivity index (χ4n) is 1.65. The van der Waals surface area contributed by atoms with Crippen LogP contribution in [0.15, 0.2) is 23.2 Å². The normalized spacial score (nSPS) is 10.6. The van der Waals surface area contributed by atoms with E-state index < -0.39 is 0 Å². The maximum atomic E-state index is 5.28. The first-order valence-corrected chi connectivity index (χ1v) is 7.83. The molecule has 21 heavy (non-hydrogen) atoms. The van der Waals surface area contributed by atoms with Crippen molar-refractivity contribution in [1.82, 2.24) is 5.32 Å². The van der Waals surface area contributed by atoms with Crippen LogP contribution in [-0.2, 0) is 0 Å². The number of methoxy groups -OCH3 is 2. The molecular formula is C14H24IN3O2S. The zero-order valence-electron chi connectivity index (χ0n) is 12.9. The molecule has 0 aromatic heterocycles. The van der Waals surface area contributed by atoms with Crippen LogP contribution in [0, 0.1) is 0 Å². The van der Waals surface area contributed by atoms with E-state index in [0.717, 1.165) is 30.4 Å². The van der Waals surface area contributed by atoms with E-state index in [1.807, 2.05) is 30.0 Å². The zero-order chi connectivity index (χ0) is 14.8. The van der Waals surface area contributed by atoms with Crippen LogP contribution in [0.5, 0.6) is 11.5 Å².